The van der Waals surface area contributed by atoms with Gasteiger partial charge >= 0.3 is 5.97 Å². The SMILES string of the molecule is CN(C)C(=O)CC[C@H](NC(=O)c1ccc2c(c1)CCN2Cc1cnc2nc(N)nc(N)c2n1)C(=O)O. The number of carbonyl (C=O) groups is 3. The predicted molar refractivity (Wildman–Crippen MR) is 132 cm³/mol. The van der Waals surface area contributed by atoms with Crippen LogP contribution >= 0.6 is 0 Å². The number of benzene rings is 1. The number of nitrogens with two attached hydrogens (primary N) is 2. The molecule has 0 saturated carbocycles. The highest BCUT2D eigenvalue weighted by Crippen LogP contribution is 2.30. The van der Waals surface area contributed by atoms with E-state index in [2.05, 4.69) is 30.2 Å². The molecule has 0 spiro atoms. The second kappa shape index (κ2) is 9.98. The van der Waals surface area contributed by atoms with Gasteiger partial charge in [-0.3, -0.25) is 9.59 Å². The molecule has 6 N–H and O–H groups in total. The minimum absolute atomic E-state index is 0.00570. The zero-order chi connectivity index (χ0) is 26.0. The fourth-order valence-electron chi connectivity index (χ4n) is 4.02. The molecule has 4 rings (SSSR count). The molecule has 3 aromatic rings. The number of fused-ring (bicyclic) bond motifs is 2. The second-order valence-electron chi connectivity index (χ2n) is 8.71. The Bertz CT molecular complexity index is 1340. The zero-order valence-corrected chi connectivity index (χ0v) is 19.9. The van der Waals surface area contributed by atoms with Gasteiger partial charge in [0.25, 0.3) is 5.91 Å². The highest BCUT2D eigenvalue weighted by atomic mass is 16.4. The molecule has 1 aliphatic rings. The number of carboxylic acid groups (broad SMARTS) is 1. The average Bonchev–Trinajstić information content (AvgIpc) is 3.23. The molecule has 0 bridgehead atoms. The molecule has 188 valence electrons. The van der Waals surface area contributed by atoms with E-state index in [9.17, 15) is 19.5 Å². The van der Waals surface area contributed by atoms with Gasteiger partial charge in [-0.15, -0.1) is 0 Å². The number of nitrogens with one attached hydrogen (secondary N) is 1. The quantitative estimate of drug-likeness (QED) is 0.335. The summed E-state index contributed by atoms with van der Waals surface area (Å²) in [6, 6.07) is 4.08. The molecule has 13 heteroatoms. The summed E-state index contributed by atoms with van der Waals surface area (Å²) in [6.45, 7) is 1.17. The van der Waals surface area contributed by atoms with E-state index in [4.69, 9.17) is 11.5 Å². The number of aromatic nitrogens is 4. The summed E-state index contributed by atoms with van der Waals surface area (Å²) in [4.78, 5) is 56.4. The number of amides is 2. The fraction of sp³-hybridized carbons (Fsp3) is 0.348. The molecular weight excluding hydrogens is 466 g/mol. The summed E-state index contributed by atoms with van der Waals surface area (Å²) in [6.07, 6.45) is 2.35. The summed E-state index contributed by atoms with van der Waals surface area (Å²) < 4.78 is 0. The predicted octanol–water partition coefficient (Wildman–Crippen LogP) is 0.198. The number of carboxylic acids is 1. The van der Waals surface area contributed by atoms with Crippen LogP contribution in [0.25, 0.3) is 11.2 Å². The molecule has 0 aliphatic carbocycles. The lowest BCUT2D eigenvalue weighted by molar-refractivity contribution is -0.139. The van der Waals surface area contributed by atoms with E-state index >= 15 is 0 Å². The van der Waals surface area contributed by atoms with Crippen molar-refractivity contribution in [2.24, 2.45) is 0 Å². The van der Waals surface area contributed by atoms with Crippen LogP contribution < -0.4 is 21.7 Å². The minimum atomic E-state index is -1.19. The van der Waals surface area contributed by atoms with Crippen LogP contribution in [-0.4, -0.2) is 74.4 Å². The van der Waals surface area contributed by atoms with E-state index < -0.39 is 17.9 Å². The van der Waals surface area contributed by atoms with E-state index in [0.29, 0.717) is 41.9 Å². The van der Waals surface area contributed by atoms with Gasteiger partial charge in [-0.1, -0.05) is 0 Å². The van der Waals surface area contributed by atoms with Crippen LogP contribution in [0.15, 0.2) is 24.4 Å². The standard InChI is InChI=1S/C23H27N9O4/c1-31(2)17(33)6-4-15(22(35)36)28-21(34)13-3-5-16-12(9-13)7-8-32(16)11-14-10-26-20-18(27-14)19(24)29-23(25)30-20/h3,5,9-10,15H,4,6-8,11H2,1-2H3,(H,28,34)(H,35,36)(H4,24,25,26,29,30)/t15-/m0/s1. The molecule has 0 radical (unpaired) electrons. The molecule has 13 nitrogen and oxygen atoms in total. The number of rotatable bonds is 8. The third kappa shape index (κ3) is 5.24. The number of aliphatic carboxylic acids is 1. The molecule has 3 heterocycles. The maximum absolute atomic E-state index is 12.8. The van der Waals surface area contributed by atoms with Gasteiger partial charge in [0.05, 0.1) is 18.4 Å². The fourth-order valence-corrected chi connectivity index (χ4v) is 4.02. The maximum atomic E-state index is 12.8. The molecular formula is C23H27N9O4. The Hall–Kier alpha value is -4.55. The molecule has 1 aliphatic heterocycles. The Labute approximate surface area is 206 Å². The molecule has 1 atom stereocenters. The lowest BCUT2D eigenvalue weighted by Gasteiger charge is -2.19. The van der Waals surface area contributed by atoms with Gasteiger partial charge in [0.2, 0.25) is 11.9 Å². The van der Waals surface area contributed by atoms with Crippen molar-refractivity contribution in [3.63, 3.8) is 0 Å². The molecule has 1 aromatic carbocycles. The molecule has 0 unspecified atom stereocenters. The lowest BCUT2D eigenvalue weighted by Crippen LogP contribution is -2.41. The number of anilines is 3. The topological polar surface area (TPSA) is 194 Å². The number of hydrogen-bond acceptors (Lipinski definition) is 10. The van der Waals surface area contributed by atoms with Crippen LogP contribution in [0.4, 0.5) is 17.5 Å². The molecule has 2 amide bonds. The second-order valence-corrected chi connectivity index (χ2v) is 8.71. The van der Waals surface area contributed by atoms with Crippen molar-refractivity contribution < 1.29 is 19.5 Å². The van der Waals surface area contributed by atoms with Gasteiger partial charge in [-0.05, 0) is 36.6 Å². The van der Waals surface area contributed by atoms with Crippen LogP contribution in [0.5, 0.6) is 0 Å². The first-order chi connectivity index (χ1) is 17.1. The van der Waals surface area contributed by atoms with Gasteiger partial charge in [0.1, 0.15) is 6.04 Å². The molecule has 0 fully saturated rings. The van der Waals surface area contributed by atoms with Crippen LogP contribution in [0.2, 0.25) is 0 Å². The number of nitrogen functional groups attached to an aromatic ring is 2. The average molecular weight is 494 g/mol. The summed E-state index contributed by atoms with van der Waals surface area (Å²) in [5.41, 5.74) is 15.2. The third-order valence-electron chi connectivity index (χ3n) is 5.94. The van der Waals surface area contributed by atoms with Crippen molar-refractivity contribution in [1.29, 1.82) is 0 Å². The number of hydrogen-bond donors (Lipinski definition) is 4. The summed E-state index contributed by atoms with van der Waals surface area (Å²) in [7, 11) is 3.19. The largest absolute Gasteiger partial charge is 0.480 e. The molecule has 0 saturated heterocycles. The van der Waals surface area contributed by atoms with Gasteiger partial charge < -0.3 is 31.7 Å². The Balaban J connectivity index is 1.45. The smallest absolute Gasteiger partial charge is 0.326 e. The van der Waals surface area contributed by atoms with E-state index in [-0.39, 0.29) is 30.5 Å². The monoisotopic (exact) mass is 493 g/mol. The first-order valence-electron chi connectivity index (χ1n) is 11.3. The summed E-state index contributed by atoms with van der Waals surface area (Å²) in [5.74, 6) is -1.70. The Morgan fingerprint density at radius 3 is 2.69 bits per heavy atom. The first-order valence-corrected chi connectivity index (χ1v) is 11.3. The normalized spacial score (nSPS) is 13.3. The van der Waals surface area contributed by atoms with Crippen molar-refractivity contribution in [1.82, 2.24) is 30.2 Å². The third-order valence-corrected chi connectivity index (χ3v) is 5.94. The highest BCUT2D eigenvalue weighted by molar-refractivity contribution is 5.97. The number of nitrogens with zero attached hydrogens (tertiary/aromatic N) is 6. The Morgan fingerprint density at radius 1 is 1.19 bits per heavy atom. The van der Waals surface area contributed by atoms with E-state index in [1.165, 1.54) is 4.90 Å². The Morgan fingerprint density at radius 2 is 1.97 bits per heavy atom. The van der Waals surface area contributed by atoms with E-state index in [0.717, 1.165) is 11.3 Å². The summed E-state index contributed by atoms with van der Waals surface area (Å²) in [5, 5.41) is 12.0. The van der Waals surface area contributed by atoms with Crippen molar-refractivity contribution in [3.05, 3.63) is 41.2 Å². The van der Waals surface area contributed by atoms with Crippen LogP contribution in [0.1, 0.15) is 34.5 Å². The van der Waals surface area contributed by atoms with Gasteiger partial charge in [-0.2, -0.15) is 9.97 Å². The van der Waals surface area contributed by atoms with Crippen LogP contribution in [0.3, 0.4) is 0 Å². The van der Waals surface area contributed by atoms with Crippen molar-refractivity contribution in [3.8, 4) is 0 Å². The maximum Gasteiger partial charge on any atom is 0.326 e. The van der Waals surface area contributed by atoms with E-state index in [1.54, 1.807) is 32.4 Å². The van der Waals surface area contributed by atoms with E-state index in [1.807, 2.05) is 6.07 Å². The van der Waals surface area contributed by atoms with Crippen LogP contribution in [-0.2, 0) is 22.6 Å². The van der Waals surface area contributed by atoms with Crippen molar-refractivity contribution >= 4 is 46.4 Å². The van der Waals surface area contributed by atoms with Crippen molar-refractivity contribution in [2.45, 2.75) is 31.8 Å². The Kier molecular flexibility index (Phi) is 6.81. The van der Waals surface area contributed by atoms with Gasteiger partial charge in [0.15, 0.2) is 17.0 Å². The molecule has 36 heavy (non-hydrogen) atoms. The lowest BCUT2D eigenvalue weighted by atomic mass is 10.1. The van der Waals surface area contributed by atoms with Gasteiger partial charge in [-0.25, -0.2) is 14.8 Å². The minimum Gasteiger partial charge on any atom is -0.480 e. The summed E-state index contributed by atoms with van der Waals surface area (Å²) >= 11 is 0. The molecule has 2 aromatic heterocycles. The highest BCUT2D eigenvalue weighted by Gasteiger charge is 2.25. The first kappa shape index (κ1) is 24.6. The number of carbonyl (C=O) groups excluding carboxylic acids is 2. The van der Waals surface area contributed by atoms with Crippen LogP contribution in [0, 0.1) is 0 Å². The zero-order valence-electron chi connectivity index (χ0n) is 19.9. The van der Waals surface area contributed by atoms with Crippen molar-refractivity contribution in [2.75, 3.05) is 37.0 Å². The van der Waals surface area contributed by atoms with Gasteiger partial charge in [0, 0.05) is 38.3 Å².